The van der Waals surface area contributed by atoms with Gasteiger partial charge in [-0.1, -0.05) is 15.9 Å². The Kier molecular flexibility index (Phi) is 5.05. The van der Waals surface area contributed by atoms with Gasteiger partial charge in [0.05, 0.1) is 13.2 Å². The number of phenols is 1. The van der Waals surface area contributed by atoms with Crippen molar-refractivity contribution in [3.8, 4) is 11.5 Å². The van der Waals surface area contributed by atoms with Crippen molar-refractivity contribution < 1.29 is 14.9 Å². The number of aromatic hydroxyl groups is 1. The molecule has 16 heavy (non-hydrogen) atoms. The van der Waals surface area contributed by atoms with E-state index in [0.29, 0.717) is 18.8 Å². The number of hydrogen-bond donors (Lipinski definition) is 3. The van der Waals surface area contributed by atoms with Crippen molar-refractivity contribution in [3.05, 3.63) is 22.2 Å². The van der Waals surface area contributed by atoms with Crippen LogP contribution in [0.4, 0.5) is 0 Å². The largest absolute Gasteiger partial charge is 0.504 e. The Morgan fingerprint density at radius 2 is 2.19 bits per heavy atom. The first kappa shape index (κ1) is 13.3. The van der Waals surface area contributed by atoms with Crippen LogP contribution < -0.4 is 10.1 Å². The number of hydrogen-bond acceptors (Lipinski definition) is 4. The lowest BCUT2D eigenvalue weighted by Crippen LogP contribution is -2.23. The molecule has 0 aromatic heterocycles. The first-order valence-electron chi connectivity index (χ1n) is 4.98. The van der Waals surface area contributed by atoms with Crippen LogP contribution in [0.5, 0.6) is 11.5 Å². The molecule has 0 saturated carbocycles. The number of nitrogens with one attached hydrogen (secondary N) is 1. The maximum Gasteiger partial charge on any atom is 0.162 e. The SMILES string of the molecule is COc1cc(Br)cc(CNC[C@@H](C)O)c1O. The van der Waals surface area contributed by atoms with Gasteiger partial charge in [-0.3, -0.25) is 0 Å². The molecule has 3 N–H and O–H groups in total. The minimum absolute atomic E-state index is 0.129. The fourth-order valence-corrected chi connectivity index (χ4v) is 1.82. The molecular weight excluding hydrogens is 274 g/mol. The fraction of sp³-hybridized carbons (Fsp3) is 0.455. The van der Waals surface area contributed by atoms with Gasteiger partial charge in [-0.25, -0.2) is 0 Å². The zero-order valence-corrected chi connectivity index (χ0v) is 10.9. The molecule has 0 saturated heterocycles. The van der Waals surface area contributed by atoms with Gasteiger partial charge in [0.25, 0.3) is 0 Å². The smallest absolute Gasteiger partial charge is 0.162 e. The van der Waals surface area contributed by atoms with Gasteiger partial charge in [0.2, 0.25) is 0 Å². The molecule has 5 heteroatoms. The Morgan fingerprint density at radius 1 is 1.50 bits per heavy atom. The molecule has 0 radical (unpaired) electrons. The number of aliphatic hydroxyl groups excluding tert-OH is 1. The number of methoxy groups -OCH3 is 1. The molecule has 1 aromatic rings. The van der Waals surface area contributed by atoms with Gasteiger partial charge in [-0.15, -0.1) is 0 Å². The summed E-state index contributed by atoms with van der Waals surface area (Å²) in [5.41, 5.74) is 0.729. The first-order chi connectivity index (χ1) is 7.54. The average molecular weight is 290 g/mol. The zero-order valence-electron chi connectivity index (χ0n) is 9.33. The minimum atomic E-state index is -0.406. The van der Waals surface area contributed by atoms with Crippen molar-refractivity contribution in [2.45, 2.75) is 19.6 Å². The molecular formula is C11H16BrNO3. The summed E-state index contributed by atoms with van der Waals surface area (Å²) in [7, 11) is 1.51. The van der Waals surface area contributed by atoms with Crippen LogP contribution in [0.1, 0.15) is 12.5 Å². The van der Waals surface area contributed by atoms with E-state index in [1.165, 1.54) is 7.11 Å². The van der Waals surface area contributed by atoms with Crippen molar-refractivity contribution in [1.82, 2.24) is 5.32 Å². The topological polar surface area (TPSA) is 61.7 Å². The minimum Gasteiger partial charge on any atom is -0.504 e. The van der Waals surface area contributed by atoms with Crippen LogP contribution in [0, 0.1) is 0 Å². The van der Waals surface area contributed by atoms with Gasteiger partial charge in [-0.05, 0) is 19.1 Å². The number of rotatable bonds is 5. The molecule has 0 aliphatic rings. The third kappa shape index (κ3) is 3.66. The summed E-state index contributed by atoms with van der Waals surface area (Å²) in [6, 6.07) is 3.51. The van der Waals surface area contributed by atoms with Crippen molar-refractivity contribution in [3.63, 3.8) is 0 Å². The van der Waals surface area contributed by atoms with E-state index in [1.54, 1.807) is 13.0 Å². The van der Waals surface area contributed by atoms with Crippen LogP contribution in [0.2, 0.25) is 0 Å². The molecule has 1 aromatic carbocycles. The second kappa shape index (κ2) is 6.08. The summed E-state index contributed by atoms with van der Waals surface area (Å²) < 4.78 is 5.88. The molecule has 0 fully saturated rings. The molecule has 0 bridgehead atoms. The lowest BCUT2D eigenvalue weighted by atomic mass is 10.2. The van der Waals surface area contributed by atoms with E-state index in [2.05, 4.69) is 21.2 Å². The highest BCUT2D eigenvalue weighted by Gasteiger charge is 2.09. The lowest BCUT2D eigenvalue weighted by molar-refractivity contribution is 0.191. The summed E-state index contributed by atoms with van der Waals surface area (Å²) in [5, 5.41) is 22.0. The fourth-order valence-electron chi connectivity index (χ4n) is 1.33. The molecule has 0 aliphatic carbocycles. The van der Waals surface area contributed by atoms with Gasteiger partial charge < -0.3 is 20.3 Å². The Labute approximate surface area is 103 Å². The van der Waals surface area contributed by atoms with Gasteiger partial charge in [0.15, 0.2) is 11.5 Å². The summed E-state index contributed by atoms with van der Waals surface area (Å²) >= 11 is 3.34. The van der Waals surface area contributed by atoms with Crippen LogP contribution in [-0.2, 0) is 6.54 Å². The maximum absolute atomic E-state index is 9.83. The van der Waals surface area contributed by atoms with E-state index in [9.17, 15) is 5.11 Å². The van der Waals surface area contributed by atoms with Gasteiger partial charge in [0.1, 0.15) is 0 Å². The van der Waals surface area contributed by atoms with Crippen molar-refractivity contribution in [2.24, 2.45) is 0 Å². The van der Waals surface area contributed by atoms with Gasteiger partial charge >= 0.3 is 0 Å². The predicted molar refractivity (Wildman–Crippen MR) is 65.7 cm³/mol. The summed E-state index contributed by atoms with van der Waals surface area (Å²) in [6.45, 7) is 2.66. The average Bonchev–Trinajstić information content (AvgIpc) is 2.22. The standard InChI is InChI=1S/C11H16BrNO3/c1-7(14)5-13-6-8-3-9(12)4-10(16-2)11(8)15/h3-4,7,13-15H,5-6H2,1-2H3/t7-/m1/s1. The Hall–Kier alpha value is -0.780. The zero-order chi connectivity index (χ0) is 12.1. The molecule has 0 heterocycles. The molecule has 0 amide bonds. The Bertz CT molecular complexity index is 355. The molecule has 90 valence electrons. The van der Waals surface area contributed by atoms with Crippen LogP contribution in [-0.4, -0.2) is 30.0 Å². The molecule has 1 atom stereocenters. The number of benzene rings is 1. The van der Waals surface area contributed by atoms with Gasteiger partial charge in [0, 0.05) is 23.1 Å². The van der Waals surface area contributed by atoms with Gasteiger partial charge in [-0.2, -0.15) is 0 Å². The number of aliphatic hydroxyl groups is 1. The van der Waals surface area contributed by atoms with E-state index >= 15 is 0 Å². The third-order valence-electron chi connectivity index (χ3n) is 2.09. The number of ether oxygens (including phenoxy) is 1. The highest BCUT2D eigenvalue weighted by molar-refractivity contribution is 9.10. The monoisotopic (exact) mass is 289 g/mol. The molecule has 0 unspecified atom stereocenters. The number of halogens is 1. The highest BCUT2D eigenvalue weighted by Crippen LogP contribution is 2.33. The lowest BCUT2D eigenvalue weighted by Gasteiger charge is -2.11. The van der Waals surface area contributed by atoms with Crippen molar-refractivity contribution >= 4 is 15.9 Å². The third-order valence-corrected chi connectivity index (χ3v) is 2.55. The molecule has 0 spiro atoms. The van der Waals surface area contributed by atoms with E-state index in [4.69, 9.17) is 9.84 Å². The number of phenolic OH excluding ortho intramolecular Hbond substituents is 1. The molecule has 4 nitrogen and oxygen atoms in total. The van der Waals surface area contributed by atoms with Crippen LogP contribution >= 0.6 is 15.9 Å². The van der Waals surface area contributed by atoms with E-state index in [0.717, 1.165) is 10.0 Å². The van der Waals surface area contributed by atoms with E-state index in [1.807, 2.05) is 6.07 Å². The second-order valence-electron chi connectivity index (χ2n) is 3.60. The summed E-state index contributed by atoms with van der Waals surface area (Å²) in [4.78, 5) is 0. The Morgan fingerprint density at radius 3 is 2.75 bits per heavy atom. The first-order valence-corrected chi connectivity index (χ1v) is 5.78. The van der Waals surface area contributed by atoms with Crippen molar-refractivity contribution in [2.75, 3.05) is 13.7 Å². The van der Waals surface area contributed by atoms with Crippen LogP contribution in [0.25, 0.3) is 0 Å². The summed E-state index contributed by atoms with van der Waals surface area (Å²) in [5.74, 6) is 0.562. The predicted octanol–water partition coefficient (Wildman–Crippen LogP) is 1.63. The van der Waals surface area contributed by atoms with Crippen LogP contribution in [0.15, 0.2) is 16.6 Å². The van der Waals surface area contributed by atoms with Crippen molar-refractivity contribution in [1.29, 1.82) is 0 Å². The maximum atomic E-state index is 9.83. The molecule has 0 aliphatic heterocycles. The molecule has 1 rings (SSSR count). The highest BCUT2D eigenvalue weighted by atomic mass is 79.9. The van der Waals surface area contributed by atoms with E-state index < -0.39 is 6.10 Å². The normalized spacial score (nSPS) is 12.5. The quantitative estimate of drug-likeness (QED) is 0.771. The second-order valence-corrected chi connectivity index (χ2v) is 4.51. The van der Waals surface area contributed by atoms with E-state index in [-0.39, 0.29) is 5.75 Å². The van der Waals surface area contributed by atoms with Crippen LogP contribution in [0.3, 0.4) is 0 Å². The summed E-state index contributed by atoms with van der Waals surface area (Å²) in [6.07, 6.45) is -0.406. The Balaban J connectivity index is 2.75.